The largest absolute Gasteiger partial charge is 0.292 e. The van der Waals surface area contributed by atoms with Gasteiger partial charge in [-0.05, 0) is 18.7 Å². The molecule has 0 spiro atoms. The molecule has 0 fully saturated rings. The Labute approximate surface area is 93.6 Å². The van der Waals surface area contributed by atoms with E-state index >= 15 is 0 Å². The summed E-state index contributed by atoms with van der Waals surface area (Å²) in [6.45, 7) is 9.89. The highest BCUT2D eigenvalue weighted by atomic mass is 32.2. The van der Waals surface area contributed by atoms with Crippen LogP contribution in [-0.2, 0) is 0 Å². The van der Waals surface area contributed by atoms with Gasteiger partial charge in [-0.25, -0.2) is 0 Å². The van der Waals surface area contributed by atoms with Crippen molar-refractivity contribution in [3.8, 4) is 12.3 Å². The van der Waals surface area contributed by atoms with Crippen LogP contribution in [0.5, 0.6) is 0 Å². The van der Waals surface area contributed by atoms with E-state index in [0.29, 0.717) is 11.2 Å². The summed E-state index contributed by atoms with van der Waals surface area (Å²) in [5, 5.41) is 0.666. The van der Waals surface area contributed by atoms with Crippen LogP contribution >= 0.6 is 11.8 Å². The minimum absolute atomic E-state index is 0.273. The topological polar surface area (TPSA) is 3.24 Å². The van der Waals surface area contributed by atoms with E-state index in [1.165, 1.54) is 5.75 Å². The molecular formula is C12H23NS. The zero-order valence-electron chi connectivity index (χ0n) is 10.1. The molecule has 0 bridgehead atoms. The standard InChI is InChI=1S/C12H23NS/c1-7-12(10(3)4)13(6)9-11(5)14-8-2/h1,10-12H,8-9H2,2-6H3/t11?,12-/m0/s1. The van der Waals surface area contributed by atoms with Gasteiger partial charge in [0.2, 0.25) is 0 Å². The van der Waals surface area contributed by atoms with E-state index in [1.807, 2.05) is 11.8 Å². The second-order valence-corrected chi connectivity index (χ2v) is 5.78. The van der Waals surface area contributed by atoms with Crippen molar-refractivity contribution >= 4 is 11.8 Å². The average molecular weight is 213 g/mol. The van der Waals surface area contributed by atoms with Gasteiger partial charge in [0.25, 0.3) is 0 Å². The van der Waals surface area contributed by atoms with E-state index in [0.717, 1.165) is 6.54 Å². The Hall–Kier alpha value is -0.130. The first-order chi connectivity index (χ1) is 6.52. The molecule has 0 saturated carbocycles. The fourth-order valence-corrected chi connectivity index (χ4v) is 2.59. The van der Waals surface area contributed by atoms with Crippen molar-refractivity contribution in [2.24, 2.45) is 5.92 Å². The zero-order chi connectivity index (χ0) is 11.1. The first kappa shape index (κ1) is 13.9. The molecule has 14 heavy (non-hydrogen) atoms. The first-order valence-electron chi connectivity index (χ1n) is 5.30. The van der Waals surface area contributed by atoms with Gasteiger partial charge in [0, 0.05) is 11.8 Å². The van der Waals surface area contributed by atoms with Crippen LogP contribution in [0.3, 0.4) is 0 Å². The fraction of sp³-hybridized carbons (Fsp3) is 0.833. The Morgan fingerprint density at radius 1 is 1.36 bits per heavy atom. The van der Waals surface area contributed by atoms with Crippen molar-refractivity contribution in [1.82, 2.24) is 4.90 Å². The lowest BCUT2D eigenvalue weighted by Gasteiger charge is -2.28. The van der Waals surface area contributed by atoms with Crippen LogP contribution in [0.15, 0.2) is 0 Å². The van der Waals surface area contributed by atoms with E-state index < -0.39 is 0 Å². The maximum absolute atomic E-state index is 5.53. The maximum Gasteiger partial charge on any atom is 0.0733 e. The second kappa shape index (κ2) is 7.20. The summed E-state index contributed by atoms with van der Waals surface area (Å²) in [6.07, 6.45) is 5.53. The van der Waals surface area contributed by atoms with Crippen molar-refractivity contribution in [2.75, 3.05) is 19.3 Å². The molecule has 2 atom stereocenters. The fourth-order valence-electron chi connectivity index (χ4n) is 1.68. The van der Waals surface area contributed by atoms with Crippen molar-refractivity contribution in [2.45, 2.75) is 39.0 Å². The van der Waals surface area contributed by atoms with Crippen LogP contribution in [0.2, 0.25) is 0 Å². The number of hydrogen-bond acceptors (Lipinski definition) is 2. The third-order valence-electron chi connectivity index (χ3n) is 2.27. The average Bonchev–Trinajstić information content (AvgIpc) is 2.04. The molecule has 0 aliphatic heterocycles. The van der Waals surface area contributed by atoms with Crippen molar-refractivity contribution in [3.05, 3.63) is 0 Å². The number of terminal acetylenes is 1. The Bertz CT molecular complexity index is 183. The van der Waals surface area contributed by atoms with Crippen LogP contribution < -0.4 is 0 Å². The molecule has 0 saturated heterocycles. The van der Waals surface area contributed by atoms with Gasteiger partial charge >= 0.3 is 0 Å². The smallest absolute Gasteiger partial charge is 0.0733 e. The van der Waals surface area contributed by atoms with Crippen LogP contribution in [0, 0.1) is 18.3 Å². The summed E-state index contributed by atoms with van der Waals surface area (Å²) in [5.74, 6) is 4.57. The minimum Gasteiger partial charge on any atom is -0.292 e. The Balaban J connectivity index is 4.05. The molecule has 0 radical (unpaired) electrons. The quantitative estimate of drug-likeness (QED) is 0.624. The van der Waals surface area contributed by atoms with Gasteiger partial charge in [0.1, 0.15) is 0 Å². The lowest BCUT2D eigenvalue weighted by molar-refractivity contribution is 0.244. The van der Waals surface area contributed by atoms with Gasteiger partial charge in [-0.3, -0.25) is 4.90 Å². The molecule has 2 heteroatoms. The Morgan fingerprint density at radius 3 is 2.29 bits per heavy atom. The highest BCUT2D eigenvalue weighted by molar-refractivity contribution is 7.99. The molecule has 0 rings (SSSR count). The number of hydrogen-bond donors (Lipinski definition) is 0. The Kier molecular flexibility index (Phi) is 7.13. The number of thioether (sulfide) groups is 1. The third kappa shape index (κ3) is 4.93. The first-order valence-corrected chi connectivity index (χ1v) is 6.35. The van der Waals surface area contributed by atoms with Gasteiger partial charge < -0.3 is 0 Å². The summed E-state index contributed by atoms with van der Waals surface area (Å²) in [6, 6.07) is 0.273. The highest BCUT2D eigenvalue weighted by Gasteiger charge is 2.17. The minimum atomic E-state index is 0.273. The predicted molar refractivity (Wildman–Crippen MR) is 67.7 cm³/mol. The number of nitrogens with zero attached hydrogens (tertiary/aromatic N) is 1. The maximum atomic E-state index is 5.53. The van der Waals surface area contributed by atoms with E-state index in [1.54, 1.807) is 0 Å². The molecule has 0 aliphatic rings. The molecule has 0 amide bonds. The summed E-state index contributed by atoms with van der Waals surface area (Å²) in [5.41, 5.74) is 0. The van der Waals surface area contributed by atoms with Crippen LogP contribution in [0.25, 0.3) is 0 Å². The van der Waals surface area contributed by atoms with Gasteiger partial charge in [-0.1, -0.05) is 33.6 Å². The molecular weight excluding hydrogens is 190 g/mol. The van der Waals surface area contributed by atoms with E-state index in [4.69, 9.17) is 6.42 Å². The molecule has 0 aromatic carbocycles. The van der Waals surface area contributed by atoms with Gasteiger partial charge in [0.05, 0.1) is 6.04 Å². The molecule has 82 valence electrons. The zero-order valence-corrected chi connectivity index (χ0v) is 10.9. The van der Waals surface area contributed by atoms with Crippen molar-refractivity contribution in [3.63, 3.8) is 0 Å². The molecule has 0 heterocycles. The monoisotopic (exact) mass is 213 g/mol. The second-order valence-electron chi connectivity index (χ2n) is 4.06. The van der Waals surface area contributed by atoms with Crippen molar-refractivity contribution < 1.29 is 0 Å². The lowest BCUT2D eigenvalue weighted by Crippen LogP contribution is -2.38. The third-order valence-corrected chi connectivity index (χ3v) is 3.32. The summed E-state index contributed by atoms with van der Waals surface area (Å²) < 4.78 is 0. The van der Waals surface area contributed by atoms with Crippen molar-refractivity contribution in [1.29, 1.82) is 0 Å². The lowest BCUT2D eigenvalue weighted by atomic mass is 10.0. The Morgan fingerprint density at radius 2 is 1.93 bits per heavy atom. The summed E-state index contributed by atoms with van der Waals surface area (Å²) >= 11 is 1.99. The molecule has 0 aliphatic carbocycles. The SMILES string of the molecule is C#C[C@@H](C(C)C)N(C)CC(C)SCC. The molecule has 0 aromatic rings. The van der Waals surface area contributed by atoms with E-state index in [9.17, 15) is 0 Å². The van der Waals surface area contributed by atoms with Crippen LogP contribution in [0.1, 0.15) is 27.7 Å². The van der Waals surface area contributed by atoms with E-state index in [-0.39, 0.29) is 6.04 Å². The molecule has 0 aromatic heterocycles. The van der Waals surface area contributed by atoms with Gasteiger partial charge in [-0.2, -0.15) is 11.8 Å². The summed E-state index contributed by atoms with van der Waals surface area (Å²) in [7, 11) is 2.12. The predicted octanol–water partition coefficient (Wildman–Crippen LogP) is 2.72. The number of rotatable bonds is 6. The van der Waals surface area contributed by atoms with Gasteiger partial charge in [-0.15, -0.1) is 6.42 Å². The highest BCUT2D eigenvalue weighted by Crippen LogP contribution is 2.14. The molecule has 1 unspecified atom stereocenters. The summed E-state index contributed by atoms with van der Waals surface area (Å²) in [4.78, 5) is 2.29. The molecule has 1 nitrogen and oxygen atoms in total. The molecule has 0 N–H and O–H groups in total. The van der Waals surface area contributed by atoms with E-state index in [2.05, 4.69) is 45.6 Å². The normalized spacial score (nSPS) is 15.6. The van der Waals surface area contributed by atoms with Gasteiger partial charge in [0.15, 0.2) is 0 Å². The van der Waals surface area contributed by atoms with Crippen LogP contribution in [0.4, 0.5) is 0 Å². The van der Waals surface area contributed by atoms with Crippen LogP contribution in [-0.4, -0.2) is 35.5 Å².